The van der Waals surface area contributed by atoms with Crippen LogP contribution in [-0.4, -0.2) is 22.2 Å². The van der Waals surface area contributed by atoms with Crippen LogP contribution >= 0.6 is 0 Å². The van der Waals surface area contributed by atoms with Gasteiger partial charge in [0.05, 0.1) is 0 Å². The van der Waals surface area contributed by atoms with Crippen molar-refractivity contribution in [2.45, 2.75) is 0 Å². The molecule has 0 aromatic heterocycles. The molecule has 4 nitrogen and oxygen atoms in total. The smallest absolute Gasteiger partial charge is 0.382 e. The van der Waals surface area contributed by atoms with E-state index in [2.05, 4.69) is 26.3 Å². The Labute approximate surface area is 70.8 Å². The number of carboxylic acids is 2. The Balaban J connectivity index is -0.000000175. The van der Waals surface area contributed by atoms with Crippen molar-refractivity contribution < 1.29 is 19.8 Å². The number of carboxylic acid groups (broad SMARTS) is 2. The maximum absolute atomic E-state index is 9.47. The summed E-state index contributed by atoms with van der Waals surface area (Å²) >= 11 is 0. The van der Waals surface area contributed by atoms with E-state index < -0.39 is 11.9 Å². The van der Waals surface area contributed by atoms with E-state index in [1.165, 1.54) is 11.8 Å². The molecule has 0 heterocycles. The maximum Gasteiger partial charge on any atom is 0.382 e. The Morgan fingerprint density at radius 1 is 0.833 bits per heavy atom. The largest absolute Gasteiger partial charge is 0.472 e. The third-order valence-electron chi connectivity index (χ3n) is 0.276. The lowest BCUT2D eigenvalue weighted by atomic mass is 10.6. The molecule has 0 aliphatic heterocycles. The second kappa shape index (κ2) is 16.0. The van der Waals surface area contributed by atoms with Crippen LogP contribution in [0.2, 0.25) is 0 Å². The molecule has 0 aromatic carbocycles. The molecule has 0 unspecified atom stereocenters. The third-order valence-corrected chi connectivity index (χ3v) is 0.276. The Kier molecular flexibility index (Phi) is 22.0. The normalized spacial score (nSPS) is 5.00. The second-order valence-electron chi connectivity index (χ2n) is 0.860. The molecule has 0 radical (unpaired) electrons. The highest BCUT2D eigenvalue weighted by Gasteiger charge is 1.86. The molecule has 0 bridgehead atoms. The van der Waals surface area contributed by atoms with Crippen molar-refractivity contribution in [3.63, 3.8) is 0 Å². The lowest BCUT2D eigenvalue weighted by Gasteiger charge is -1.68. The van der Waals surface area contributed by atoms with E-state index in [9.17, 15) is 9.59 Å². The van der Waals surface area contributed by atoms with Crippen molar-refractivity contribution in [3.05, 3.63) is 26.3 Å². The van der Waals surface area contributed by atoms with Gasteiger partial charge in [0.25, 0.3) is 0 Å². The van der Waals surface area contributed by atoms with Crippen LogP contribution in [0.15, 0.2) is 26.3 Å². The Bertz CT molecular complexity index is 177. The van der Waals surface area contributed by atoms with Crippen LogP contribution in [0.3, 0.4) is 0 Å². The molecule has 0 amide bonds. The molecular formula is C8H10O4. The number of carbonyl (C=O) groups is 2. The van der Waals surface area contributed by atoms with Crippen LogP contribution in [0, 0.1) is 11.8 Å². The molecule has 2 N–H and O–H groups in total. The predicted octanol–water partition coefficient (Wildman–Crippen LogP) is 0.763. The summed E-state index contributed by atoms with van der Waals surface area (Å²) in [6.45, 7) is 12.0. The van der Waals surface area contributed by atoms with Crippen molar-refractivity contribution in [1.82, 2.24) is 0 Å². The predicted molar refractivity (Wildman–Crippen MR) is 45.6 cm³/mol. The summed E-state index contributed by atoms with van der Waals surface area (Å²) in [5.41, 5.74) is 0. The summed E-state index contributed by atoms with van der Waals surface area (Å²) in [7, 11) is 0. The Hall–Kier alpha value is -2.02. The maximum atomic E-state index is 9.47. The topological polar surface area (TPSA) is 74.6 Å². The number of aliphatic carboxylic acids is 2. The Morgan fingerprint density at radius 3 is 1.08 bits per heavy atom. The minimum atomic E-state index is -1.44. The fraction of sp³-hybridized carbons (Fsp3) is 0. The van der Waals surface area contributed by atoms with E-state index in [4.69, 9.17) is 10.2 Å². The van der Waals surface area contributed by atoms with Gasteiger partial charge in [-0.2, -0.15) is 0 Å². The molecule has 0 fully saturated rings. The van der Waals surface area contributed by atoms with Crippen LogP contribution in [0.4, 0.5) is 0 Å². The molecule has 0 atom stereocenters. The highest BCUT2D eigenvalue weighted by atomic mass is 16.4. The van der Waals surface area contributed by atoms with Crippen molar-refractivity contribution in [3.8, 4) is 11.8 Å². The first-order valence-corrected chi connectivity index (χ1v) is 2.61. The fourth-order valence-corrected chi connectivity index (χ4v) is 0.107. The summed E-state index contributed by atoms with van der Waals surface area (Å²) in [5, 5.41) is 15.5. The number of hydrogen-bond acceptors (Lipinski definition) is 2. The molecule has 0 aromatic rings. The standard InChI is InChI=1S/C4H2O4.2C2H4/c5-3(6)1-2-4(7)8;2*1-2/h(H,5,6)(H,7,8);2*1-2H2. The van der Waals surface area contributed by atoms with Crippen LogP contribution in [0.1, 0.15) is 0 Å². The van der Waals surface area contributed by atoms with Crippen molar-refractivity contribution in [1.29, 1.82) is 0 Å². The average Bonchev–Trinajstić information content (AvgIpc) is 2.08. The molecule has 12 heavy (non-hydrogen) atoms. The van der Waals surface area contributed by atoms with Crippen LogP contribution < -0.4 is 0 Å². The zero-order chi connectivity index (χ0) is 10.6. The van der Waals surface area contributed by atoms with Crippen LogP contribution in [0.5, 0.6) is 0 Å². The number of hydrogen-bond donors (Lipinski definition) is 2. The van der Waals surface area contributed by atoms with Gasteiger partial charge >= 0.3 is 11.9 Å². The highest BCUT2D eigenvalue weighted by molar-refractivity contribution is 5.96. The van der Waals surface area contributed by atoms with Gasteiger partial charge in [-0.15, -0.1) is 26.3 Å². The van der Waals surface area contributed by atoms with Gasteiger partial charge < -0.3 is 10.2 Å². The van der Waals surface area contributed by atoms with E-state index in [1.54, 1.807) is 0 Å². The third kappa shape index (κ3) is 43.8. The van der Waals surface area contributed by atoms with E-state index >= 15 is 0 Å². The summed E-state index contributed by atoms with van der Waals surface area (Å²) in [6, 6.07) is 0. The van der Waals surface area contributed by atoms with E-state index in [-0.39, 0.29) is 0 Å². The van der Waals surface area contributed by atoms with Crippen molar-refractivity contribution >= 4 is 11.9 Å². The zero-order valence-electron chi connectivity index (χ0n) is 6.54. The molecule has 0 aliphatic carbocycles. The molecule has 0 spiro atoms. The minimum Gasteiger partial charge on any atom is -0.472 e. The van der Waals surface area contributed by atoms with Gasteiger partial charge in [-0.1, -0.05) is 0 Å². The minimum absolute atomic E-state index is 1.41. The lowest BCUT2D eigenvalue weighted by molar-refractivity contribution is -0.132. The average molecular weight is 170 g/mol. The molecule has 0 saturated heterocycles. The molecule has 0 aliphatic rings. The summed E-state index contributed by atoms with van der Waals surface area (Å²) in [6.07, 6.45) is 0. The monoisotopic (exact) mass is 170 g/mol. The van der Waals surface area contributed by atoms with Gasteiger partial charge in [0.2, 0.25) is 0 Å². The highest BCUT2D eigenvalue weighted by Crippen LogP contribution is 1.57. The second-order valence-corrected chi connectivity index (χ2v) is 0.860. The van der Waals surface area contributed by atoms with E-state index in [1.807, 2.05) is 0 Å². The molecular weight excluding hydrogens is 160 g/mol. The molecule has 0 rings (SSSR count). The van der Waals surface area contributed by atoms with Gasteiger partial charge in [0.1, 0.15) is 0 Å². The fourth-order valence-electron chi connectivity index (χ4n) is 0.107. The first kappa shape index (κ1) is 16.5. The first-order valence-electron chi connectivity index (χ1n) is 2.61. The van der Waals surface area contributed by atoms with Gasteiger partial charge in [-0.05, 0) is 0 Å². The van der Waals surface area contributed by atoms with Crippen LogP contribution in [-0.2, 0) is 9.59 Å². The summed E-state index contributed by atoms with van der Waals surface area (Å²) in [4.78, 5) is 18.9. The van der Waals surface area contributed by atoms with Gasteiger partial charge in [-0.3, -0.25) is 0 Å². The lowest BCUT2D eigenvalue weighted by Crippen LogP contribution is -1.92. The van der Waals surface area contributed by atoms with Gasteiger partial charge in [0.15, 0.2) is 0 Å². The Morgan fingerprint density at radius 2 is 1.00 bits per heavy atom. The van der Waals surface area contributed by atoms with Gasteiger partial charge in [-0.25, -0.2) is 9.59 Å². The van der Waals surface area contributed by atoms with E-state index in [0.717, 1.165) is 0 Å². The first-order chi connectivity index (χ1) is 5.63. The molecule has 4 heteroatoms. The summed E-state index contributed by atoms with van der Waals surface area (Å²) in [5.74, 6) is -0.0511. The summed E-state index contributed by atoms with van der Waals surface area (Å²) < 4.78 is 0. The zero-order valence-corrected chi connectivity index (χ0v) is 6.54. The quantitative estimate of drug-likeness (QED) is 0.416. The van der Waals surface area contributed by atoms with Crippen molar-refractivity contribution in [2.24, 2.45) is 0 Å². The van der Waals surface area contributed by atoms with Gasteiger partial charge in [0, 0.05) is 11.8 Å². The number of rotatable bonds is 0. The van der Waals surface area contributed by atoms with E-state index in [0.29, 0.717) is 0 Å². The molecule has 66 valence electrons. The van der Waals surface area contributed by atoms with Crippen molar-refractivity contribution in [2.75, 3.05) is 0 Å². The van der Waals surface area contributed by atoms with Crippen LogP contribution in [0.25, 0.3) is 0 Å². The molecule has 0 saturated carbocycles. The SMILES string of the molecule is C=C.C=C.O=C(O)C#CC(=O)O.